The molecule has 0 saturated carbocycles. The topological polar surface area (TPSA) is 73.8 Å². The van der Waals surface area contributed by atoms with Crippen LogP contribution in [0.15, 0.2) is 47.4 Å². The maximum absolute atomic E-state index is 13.3. The lowest BCUT2D eigenvalue weighted by Crippen LogP contribution is -2.48. The van der Waals surface area contributed by atoms with Crippen LogP contribution < -0.4 is 0 Å². The summed E-state index contributed by atoms with van der Waals surface area (Å²) in [7, 11) is -3.55. The standard InChI is InChI=1S/C24H28N4O3S2/c1-18-8-9-19(33(30,31)28-10-4-5-11-28)16-20(18)24(29)27-14-12-26(13-15-27)17-23-25-21-6-2-3-7-22(21)32-23/h2-3,6-9,16H,4-5,10-15,17H2,1H3. The second kappa shape index (κ2) is 9.13. The van der Waals surface area contributed by atoms with E-state index in [1.807, 2.05) is 30.0 Å². The highest BCUT2D eigenvalue weighted by Crippen LogP contribution is 2.25. The fraction of sp³-hybridized carbons (Fsp3) is 0.417. The third-order valence-corrected chi connectivity index (χ3v) is 9.41. The number of amides is 1. The lowest BCUT2D eigenvalue weighted by molar-refractivity contribution is 0.0627. The van der Waals surface area contributed by atoms with E-state index in [4.69, 9.17) is 4.98 Å². The van der Waals surface area contributed by atoms with Crippen molar-refractivity contribution in [3.05, 3.63) is 58.6 Å². The monoisotopic (exact) mass is 484 g/mol. The van der Waals surface area contributed by atoms with E-state index in [-0.39, 0.29) is 10.8 Å². The number of aromatic nitrogens is 1. The number of rotatable bonds is 5. The van der Waals surface area contributed by atoms with E-state index in [9.17, 15) is 13.2 Å². The van der Waals surface area contributed by atoms with Gasteiger partial charge >= 0.3 is 0 Å². The lowest BCUT2D eigenvalue weighted by Gasteiger charge is -2.34. The van der Waals surface area contributed by atoms with Crippen molar-refractivity contribution in [1.29, 1.82) is 0 Å². The number of hydrogen-bond donors (Lipinski definition) is 0. The average molecular weight is 485 g/mol. The van der Waals surface area contributed by atoms with Crippen molar-refractivity contribution in [2.75, 3.05) is 39.3 Å². The van der Waals surface area contributed by atoms with Gasteiger partial charge in [-0.3, -0.25) is 9.69 Å². The number of carbonyl (C=O) groups excluding carboxylic acids is 1. The van der Waals surface area contributed by atoms with Crippen LogP contribution in [0.4, 0.5) is 0 Å². The molecule has 1 amide bonds. The van der Waals surface area contributed by atoms with Crippen LogP contribution in [0.5, 0.6) is 0 Å². The molecule has 3 aromatic rings. The van der Waals surface area contributed by atoms with Crippen LogP contribution >= 0.6 is 11.3 Å². The zero-order valence-electron chi connectivity index (χ0n) is 18.7. The van der Waals surface area contributed by atoms with Gasteiger partial charge in [0.1, 0.15) is 5.01 Å². The summed E-state index contributed by atoms with van der Waals surface area (Å²) in [4.78, 5) is 22.4. The maximum atomic E-state index is 13.3. The second-order valence-corrected chi connectivity index (χ2v) is 11.8. The molecule has 2 aliphatic rings. The van der Waals surface area contributed by atoms with Gasteiger partial charge in [-0.25, -0.2) is 13.4 Å². The number of hydrogen-bond acceptors (Lipinski definition) is 6. The molecule has 0 atom stereocenters. The van der Waals surface area contributed by atoms with Crippen LogP contribution in [-0.2, 0) is 16.6 Å². The first-order valence-corrected chi connectivity index (χ1v) is 13.6. The number of sulfonamides is 1. The largest absolute Gasteiger partial charge is 0.336 e. The zero-order valence-corrected chi connectivity index (χ0v) is 20.4. The fourth-order valence-corrected chi connectivity index (χ4v) is 7.08. The van der Waals surface area contributed by atoms with Crippen LogP contribution in [0, 0.1) is 6.92 Å². The normalized spacial score (nSPS) is 18.3. The Morgan fingerprint density at radius 1 is 1.00 bits per heavy atom. The number of carbonyl (C=O) groups is 1. The van der Waals surface area contributed by atoms with Gasteiger partial charge in [-0.2, -0.15) is 4.31 Å². The van der Waals surface area contributed by atoms with E-state index in [0.717, 1.165) is 48.6 Å². The summed E-state index contributed by atoms with van der Waals surface area (Å²) in [5.41, 5.74) is 2.32. The van der Waals surface area contributed by atoms with Crippen LogP contribution in [0.25, 0.3) is 10.2 Å². The number of thiazole rings is 1. The Kier molecular flexibility index (Phi) is 6.22. The fourth-order valence-electron chi connectivity index (χ4n) is 4.53. The summed E-state index contributed by atoms with van der Waals surface area (Å²) >= 11 is 1.72. The van der Waals surface area contributed by atoms with Gasteiger partial charge < -0.3 is 4.90 Å². The second-order valence-electron chi connectivity index (χ2n) is 8.73. The molecule has 2 fully saturated rings. The molecule has 3 heterocycles. The summed E-state index contributed by atoms with van der Waals surface area (Å²) in [5.74, 6) is -0.0920. The molecular formula is C24H28N4O3S2. The molecule has 2 aliphatic heterocycles. The van der Waals surface area contributed by atoms with E-state index < -0.39 is 10.0 Å². The number of benzene rings is 2. The third kappa shape index (κ3) is 4.55. The molecule has 0 radical (unpaired) electrons. The summed E-state index contributed by atoms with van der Waals surface area (Å²) in [5, 5.41) is 1.09. The third-order valence-electron chi connectivity index (χ3n) is 6.50. The molecule has 0 spiro atoms. The highest BCUT2D eigenvalue weighted by molar-refractivity contribution is 7.89. The first kappa shape index (κ1) is 22.5. The SMILES string of the molecule is Cc1ccc(S(=O)(=O)N2CCCC2)cc1C(=O)N1CCN(Cc2nc3ccccc3s2)CC1. The molecule has 0 N–H and O–H groups in total. The lowest BCUT2D eigenvalue weighted by atomic mass is 10.1. The molecule has 7 nitrogen and oxygen atoms in total. The molecular weight excluding hydrogens is 456 g/mol. The minimum Gasteiger partial charge on any atom is -0.336 e. The van der Waals surface area contributed by atoms with E-state index in [2.05, 4.69) is 11.0 Å². The van der Waals surface area contributed by atoms with Gasteiger partial charge in [0, 0.05) is 44.8 Å². The molecule has 2 saturated heterocycles. The molecule has 1 aromatic heterocycles. The average Bonchev–Trinajstić information content (AvgIpc) is 3.49. The number of nitrogens with zero attached hydrogens (tertiary/aromatic N) is 4. The van der Waals surface area contributed by atoms with Crippen LogP contribution in [0.2, 0.25) is 0 Å². The van der Waals surface area contributed by atoms with E-state index in [1.165, 1.54) is 9.01 Å². The summed E-state index contributed by atoms with van der Waals surface area (Å²) in [6.45, 7) is 6.52. The predicted molar refractivity (Wildman–Crippen MR) is 130 cm³/mol. The summed E-state index contributed by atoms with van der Waals surface area (Å²) in [6.07, 6.45) is 1.77. The van der Waals surface area contributed by atoms with E-state index in [1.54, 1.807) is 29.5 Å². The molecule has 33 heavy (non-hydrogen) atoms. The van der Waals surface area contributed by atoms with Gasteiger partial charge in [-0.1, -0.05) is 18.2 Å². The minimum atomic E-state index is -3.55. The van der Waals surface area contributed by atoms with Gasteiger partial charge in [-0.15, -0.1) is 11.3 Å². The Hall–Kier alpha value is -2.33. The van der Waals surface area contributed by atoms with Gasteiger partial charge in [0.2, 0.25) is 10.0 Å². The van der Waals surface area contributed by atoms with Crippen LogP contribution in [0.3, 0.4) is 0 Å². The molecule has 0 unspecified atom stereocenters. The van der Waals surface area contributed by atoms with Crippen molar-refractivity contribution in [3.63, 3.8) is 0 Å². The van der Waals surface area contributed by atoms with Crippen LogP contribution in [0.1, 0.15) is 33.8 Å². The molecule has 174 valence electrons. The Bertz CT molecular complexity index is 1240. The maximum Gasteiger partial charge on any atom is 0.254 e. The van der Waals surface area contributed by atoms with Gasteiger partial charge in [-0.05, 0) is 49.6 Å². The Balaban J connectivity index is 1.26. The Labute approximate surface area is 198 Å². The van der Waals surface area contributed by atoms with Gasteiger partial charge in [0.05, 0.1) is 21.7 Å². The number of aryl methyl sites for hydroxylation is 1. The van der Waals surface area contributed by atoms with Crippen molar-refractivity contribution in [1.82, 2.24) is 19.1 Å². The van der Waals surface area contributed by atoms with Gasteiger partial charge in [0.25, 0.3) is 5.91 Å². The first-order chi connectivity index (χ1) is 15.9. The Morgan fingerprint density at radius 2 is 1.73 bits per heavy atom. The van der Waals surface area contributed by atoms with Gasteiger partial charge in [0.15, 0.2) is 0 Å². The van der Waals surface area contributed by atoms with Crippen molar-refractivity contribution in [2.24, 2.45) is 0 Å². The predicted octanol–water partition coefficient (Wildman–Crippen LogP) is 3.35. The van der Waals surface area contributed by atoms with Crippen molar-refractivity contribution >= 4 is 37.5 Å². The summed E-state index contributed by atoms with van der Waals surface area (Å²) in [6, 6.07) is 13.1. The number of fused-ring (bicyclic) bond motifs is 1. The quantitative estimate of drug-likeness (QED) is 0.555. The molecule has 9 heteroatoms. The molecule has 0 aliphatic carbocycles. The van der Waals surface area contributed by atoms with Crippen molar-refractivity contribution in [3.8, 4) is 0 Å². The minimum absolute atomic E-state index is 0.0920. The summed E-state index contributed by atoms with van der Waals surface area (Å²) < 4.78 is 28.7. The van der Waals surface area contributed by atoms with E-state index >= 15 is 0 Å². The van der Waals surface area contributed by atoms with Crippen LogP contribution in [-0.4, -0.2) is 72.7 Å². The molecule has 5 rings (SSSR count). The Morgan fingerprint density at radius 3 is 2.45 bits per heavy atom. The van der Waals surface area contributed by atoms with E-state index in [0.29, 0.717) is 31.7 Å². The number of para-hydroxylation sites is 1. The van der Waals surface area contributed by atoms with Crippen molar-refractivity contribution < 1.29 is 13.2 Å². The molecule has 0 bridgehead atoms. The smallest absolute Gasteiger partial charge is 0.254 e. The highest BCUT2D eigenvalue weighted by Gasteiger charge is 2.29. The molecule has 2 aromatic carbocycles. The number of piperazine rings is 1. The highest BCUT2D eigenvalue weighted by atomic mass is 32.2. The first-order valence-electron chi connectivity index (χ1n) is 11.4. The van der Waals surface area contributed by atoms with Crippen molar-refractivity contribution in [2.45, 2.75) is 31.2 Å². The zero-order chi connectivity index (χ0) is 23.0.